The maximum absolute atomic E-state index is 11.1. The number of fused-ring (bicyclic) bond motifs is 1. The Morgan fingerprint density at radius 1 is 1.09 bits per heavy atom. The van der Waals surface area contributed by atoms with Crippen LogP contribution in [0.3, 0.4) is 0 Å². The molecule has 0 radical (unpaired) electrons. The van der Waals surface area contributed by atoms with Crippen molar-refractivity contribution in [2.45, 2.75) is 72.6 Å². The van der Waals surface area contributed by atoms with Crippen LogP contribution in [0.4, 0.5) is 0 Å². The number of rotatable bonds is 10. The van der Waals surface area contributed by atoms with Crippen molar-refractivity contribution in [1.82, 2.24) is 4.98 Å². The summed E-state index contributed by atoms with van der Waals surface area (Å²) in [6.07, 6.45) is 6.22. The van der Waals surface area contributed by atoms with Gasteiger partial charge in [-0.25, -0.2) is 4.79 Å². The third kappa shape index (κ3) is 5.87. The first-order valence-corrected chi connectivity index (χ1v) is 12.0. The van der Waals surface area contributed by atoms with Gasteiger partial charge in [-0.1, -0.05) is 59.2 Å². The molecule has 0 fully saturated rings. The van der Waals surface area contributed by atoms with Gasteiger partial charge >= 0.3 is 5.97 Å². The second kappa shape index (κ2) is 10.7. The predicted octanol–water partition coefficient (Wildman–Crippen LogP) is 7.67. The molecule has 176 valence electrons. The number of aromatic amines is 1. The fourth-order valence-corrected chi connectivity index (χ4v) is 4.17. The highest BCUT2D eigenvalue weighted by Crippen LogP contribution is 2.36. The summed E-state index contributed by atoms with van der Waals surface area (Å²) in [7, 11) is 0. The summed E-state index contributed by atoms with van der Waals surface area (Å²) >= 11 is 0. The molecular weight excluding hydrogens is 410 g/mol. The Kier molecular flexibility index (Phi) is 8.01. The molecule has 4 nitrogen and oxygen atoms in total. The zero-order valence-corrected chi connectivity index (χ0v) is 20.8. The molecule has 0 spiro atoms. The first kappa shape index (κ1) is 24.6. The first-order valence-electron chi connectivity index (χ1n) is 12.0. The summed E-state index contributed by atoms with van der Waals surface area (Å²) in [5.41, 5.74) is 7.71. The number of aliphatic carboxylic acids is 1. The first-order chi connectivity index (χ1) is 15.7. The molecule has 4 heteroatoms. The van der Waals surface area contributed by atoms with Crippen LogP contribution in [-0.4, -0.2) is 22.7 Å². The zero-order valence-electron chi connectivity index (χ0n) is 20.8. The number of carbonyl (C=O) groups is 1. The molecule has 1 aromatic heterocycles. The fourth-order valence-electron chi connectivity index (χ4n) is 4.17. The standard InChI is InChI=1S/C29H37NO3/c1-7-8-11-33-29-23(13-22(18(2)3)16-25(29)19(4)5)14-24-17-30-27-10-9-21(15-26(24)27)20(6)12-28(31)32/h9-10,12-13,15-19,30H,7-8,11,14H2,1-6H3,(H,31,32). The van der Waals surface area contributed by atoms with Gasteiger partial charge in [0.25, 0.3) is 0 Å². The van der Waals surface area contributed by atoms with Gasteiger partial charge in [0.05, 0.1) is 6.61 Å². The van der Waals surface area contributed by atoms with Gasteiger partial charge in [0.15, 0.2) is 0 Å². The molecule has 1 heterocycles. The molecule has 0 bridgehead atoms. The number of unbranched alkanes of at least 4 members (excludes halogenated alkanes) is 1. The van der Waals surface area contributed by atoms with Gasteiger partial charge in [0.1, 0.15) is 5.75 Å². The third-order valence-corrected chi connectivity index (χ3v) is 6.19. The van der Waals surface area contributed by atoms with Crippen molar-refractivity contribution in [3.05, 3.63) is 70.4 Å². The van der Waals surface area contributed by atoms with Crippen LogP contribution in [-0.2, 0) is 11.2 Å². The maximum Gasteiger partial charge on any atom is 0.328 e. The van der Waals surface area contributed by atoms with Crippen LogP contribution in [0.25, 0.3) is 16.5 Å². The molecule has 0 unspecified atom stereocenters. The molecule has 0 aliphatic carbocycles. The van der Waals surface area contributed by atoms with E-state index in [0.29, 0.717) is 11.8 Å². The highest BCUT2D eigenvalue weighted by molar-refractivity contribution is 5.92. The largest absolute Gasteiger partial charge is 0.493 e. The molecule has 0 aliphatic heterocycles. The number of aromatic nitrogens is 1. The van der Waals surface area contributed by atoms with Gasteiger partial charge in [-0.15, -0.1) is 0 Å². The number of nitrogens with one attached hydrogen (secondary N) is 1. The van der Waals surface area contributed by atoms with Gasteiger partial charge in [0.2, 0.25) is 0 Å². The average Bonchev–Trinajstić information content (AvgIpc) is 3.15. The minimum Gasteiger partial charge on any atom is -0.493 e. The molecule has 0 atom stereocenters. The highest BCUT2D eigenvalue weighted by Gasteiger charge is 2.18. The summed E-state index contributed by atoms with van der Waals surface area (Å²) in [5, 5.41) is 10.2. The molecular formula is C29H37NO3. The zero-order chi connectivity index (χ0) is 24.1. The van der Waals surface area contributed by atoms with Crippen LogP contribution in [0.2, 0.25) is 0 Å². The van der Waals surface area contributed by atoms with Crippen LogP contribution < -0.4 is 4.74 Å². The van der Waals surface area contributed by atoms with Crippen molar-refractivity contribution in [2.75, 3.05) is 6.61 Å². The average molecular weight is 448 g/mol. The van der Waals surface area contributed by atoms with Crippen molar-refractivity contribution in [3.63, 3.8) is 0 Å². The Bertz CT molecular complexity index is 1150. The number of H-pyrrole nitrogens is 1. The van der Waals surface area contributed by atoms with Gasteiger partial charge in [0, 0.05) is 29.6 Å². The Morgan fingerprint density at radius 2 is 1.85 bits per heavy atom. The van der Waals surface area contributed by atoms with E-state index in [9.17, 15) is 4.79 Å². The van der Waals surface area contributed by atoms with Crippen molar-refractivity contribution in [1.29, 1.82) is 0 Å². The van der Waals surface area contributed by atoms with Gasteiger partial charge in [-0.05, 0) is 70.7 Å². The normalized spacial score (nSPS) is 12.2. The number of carboxylic acid groups (broad SMARTS) is 1. The highest BCUT2D eigenvalue weighted by atomic mass is 16.5. The summed E-state index contributed by atoms with van der Waals surface area (Å²) in [4.78, 5) is 14.5. The molecule has 33 heavy (non-hydrogen) atoms. The van der Waals surface area contributed by atoms with E-state index in [4.69, 9.17) is 9.84 Å². The van der Waals surface area contributed by atoms with Crippen LogP contribution in [0.5, 0.6) is 5.75 Å². The van der Waals surface area contributed by atoms with Crippen molar-refractivity contribution >= 4 is 22.4 Å². The van der Waals surface area contributed by atoms with Gasteiger partial charge in [-0.2, -0.15) is 0 Å². The molecule has 0 amide bonds. The van der Waals surface area contributed by atoms with Gasteiger partial charge in [-0.3, -0.25) is 0 Å². The van der Waals surface area contributed by atoms with Crippen molar-refractivity contribution in [2.24, 2.45) is 0 Å². The van der Waals surface area contributed by atoms with Crippen molar-refractivity contribution in [3.8, 4) is 5.75 Å². The smallest absolute Gasteiger partial charge is 0.328 e. The van der Waals surface area contributed by atoms with E-state index in [1.165, 1.54) is 28.3 Å². The quantitative estimate of drug-likeness (QED) is 0.247. The monoisotopic (exact) mass is 447 g/mol. The van der Waals surface area contributed by atoms with E-state index in [1.807, 2.05) is 19.1 Å². The number of hydrogen-bond donors (Lipinski definition) is 2. The summed E-state index contributed by atoms with van der Waals surface area (Å²) < 4.78 is 6.39. The fraction of sp³-hybridized carbons (Fsp3) is 0.414. The minimum atomic E-state index is -0.928. The molecule has 2 N–H and O–H groups in total. The van der Waals surface area contributed by atoms with Crippen LogP contribution in [0, 0.1) is 0 Å². The van der Waals surface area contributed by atoms with Crippen LogP contribution >= 0.6 is 0 Å². The van der Waals surface area contributed by atoms with E-state index in [-0.39, 0.29) is 0 Å². The summed E-state index contributed by atoms with van der Waals surface area (Å²) in [5.74, 6) is 0.902. The Labute approximate surface area is 197 Å². The van der Waals surface area contributed by atoms with Gasteiger partial charge < -0.3 is 14.8 Å². The third-order valence-electron chi connectivity index (χ3n) is 6.19. The Hall–Kier alpha value is -3.01. The lowest BCUT2D eigenvalue weighted by molar-refractivity contribution is -0.131. The lowest BCUT2D eigenvalue weighted by Gasteiger charge is -2.21. The molecule has 0 aliphatic rings. The molecule has 3 aromatic rings. The topological polar surface area (TPSA) is 62.3 Å². The summed E-state index contributed by atoms with van der Waals surface area (Å²) in [6.45, 7) is 13.7. The van der Waals surface area contributed by atoms with E-state index in [1.54, 1.807) is 0 Å². The second-order valence-electron chi connectivity index (χ2n) is 9.53. The van der Waals surface area contributed by atoms with E-state index < -0.39 is 5.97 Å². The van der Waals surface area contributed by atoms with E-state index in [0.717, 1.165) is 53.7 Å². The maximum atomic E-state index is 11.1. The predicted molar refractivity (Wildman–Crippen MR) is 137 cm³/mol. The number of allylic oxidation sites excluding steroid dienone is 1. The van der Waals surface area contributed by atoms with Crippen LogP contribution in [0.15, 0.2) is 42.6 Å². The summed E-state index contributed by atoms with van der Waals surface area (Å²) in [6, 6.07) is 10.7. The van der Waals surface area contributed by atoms with E-state index >= 15 is 0 Å². The SMILES string of the molecule is CCCCOc1c(Cc2c[nH]c3ccc(C(C)=CC(=O)O)cc23)cc(C(C)C)cc1C(C)C. The minimum absolute atomic E-state index is 0.373. The van der Waals surface area contributed by atoms with Crippen molar-refractivity contribution < 1.29 is 14.6 Å². The lowest BCUT2D eigenvalue weighted by Crippen LogP contribution is -2.07. The Morgan fingerprint density at radius 3 is 2.48 bits per heavy atom. The van der Waals surface area contributed by atoms with Crippen LogP contribution in [0.1, 0.15) is 94.0 Å². The number of ether oxygens (including phenoxy) is 1. The number of carboxylic acids is 1. The molecule has 0 saturated heterocycles. The number of benzene rings is 2. The molecule has 0 saturated carbocycles. The molecule has 3 rings (SSSR count). The molecule has 2 aromatic carbocycles. The van der Waals surface area contributed by atoms with E-state index in [2.05, 4.69) is 64.0 Å². The lowest BCUT2D eigenvalue weighted by atomic mass is 9.89. The second-order valence-corrected chi connectivity index (χ2v) is 9.53. The number of hydrogen-bond acceptors (Lipinski definition) is 2. The Balaban J connectivity index is 2.09.